The topological polar surface area (TPSA) is 109 Å². The van der Waals surface area contributed by atoms with Crippen LogP contribution in [-0.4, -0.2) is 58.9 Å². The van der Waals surface area contributed by atoms with Crippen molar-refractivity contribution in [3.63, 3.8) is 0 Å². The fourth-order valence-corrected chi connectivity index (χ4v) is 6.63. The number of carbonyl (C=O) groups is 1. The fraction of sp³-hybridized carbons (Fsp3) is 0.433. The summed E-state index contributed by atoms with van der Waals surface area (Å²) in [5.41, 5.74) is 3.37. The molecule has 4 heterocycles. The molecule has 1 aliphatic carbocycles. The molecule has 2 aromatic heterocycles. The number of aromatic amines is 1. The van der Waals surface area contributed by atoms with Crippen LogP contribution in [0.1, 0.15) is 32.6 Å². The first kappa shape index (κ1) is 25.4. The molecule has 3 atom stereocenters. The van der Waals surface area contributed by atoms with E-state index in [1.807, 2.05) is 42.6 Å². The van der Waals surface area contributed by atoms with E-state index in [1.54, 1.807) is 6.33 Å². The fourth-order valence-electron chi connectivity index (χ4n) is 6.63. The summed E-state index contributed by atoms with van der Waals surface area (Å²) in [4.78, 5) is 29.9. The average molecular weight is 528 g/mol. The summed E-state index contributed by atoms with van der Waals surface area (Å²) in [7, 11) is 0. The number of piperidine rings is 1. The molecule has 3 aliphatic rings. The lowest BCUT2D eigenvalue weighted by molar-refractivity contribution is 0.0856. The summed E-state index contributed by atoms with van der Waals surface area (Å²) < 4.78 is 0. The number of amides is 2. The smallest absolute Gasteiger partial charge is 0.323 e. The van der Waals surface area contributed by atoms with Crippen LogP contribution in [0.5, 0.6) is 0 Å². The van der Waals surface area contributed by atoms with Crippen LogP contribution in [0.4, 0.5) is 22.0 Å². The Labute approximate surface area is 229 Å². The number of allylic oxidation sites excluding steroid dienone is 4. The number of H-pyrrole nitrogens is 1. The third-order valence-corrected chi connectivity index (χ3v) is 8.69. The van der Waals surface area contributed by atoms with Crippen molar-refractivity contribution < 1.29 is 9.90 Å². The standard InChI is InChI=1S/C30H37N7O2/c1-30(24-18-37(16-11-21(24)19-38)28-23-10-13-31-27(23)32-20-33-28)12-6-7-22(17-30)34-29(39)35-25-8-2-3-9-26(25)36-14-4-5-15-36/h2-3,6-10,12-13,20-21,24,38H,4-5,11,14-19H2,1H3,(H,31,32,33)(H2,34,35,39)/t21-,24-,30?/m0/s1. The molecule has 4 N–H and O–H groups in total. The molecule has 1 aromatic carbocycles. The highest BCUT2D eigenvalue weighted by Crippen LogP contribution is 2.45. The van der Waals surface area contributed by atoms with Gasteiger partial charge in [-0.2, -0.15) is 0 Å². The second kappa shape index (κ2) is 10.7. The first-order chi connectivity index (χ1) is 19.0. The first-order valence-corrected chi connectivity index (χ1v) is 14.0. The number of carbonyl (C=O) groups excluding carboxylic acids is 1. The SMILES string of the molecule is CC1([C@H]2CN(c3ncnc4[nH]ccc34)CC[C@H]2CO)C=CC=C(NC(=O)Nc2ccccc2N2CCCC2)C1. The van der Waals surface area contributed by atoms with Crippen LogP contribution in [0.3, 0.4) is 0 Å². The van der Waals surface area contributed by atoms with E-state index in [4.69, 9.17) is 0 Å². The maximum absolute atomic E-state index is 13.1. The molecule has 6 rings (SSSR count). The highest BCUT2D eigenvalue weighted by atomic mass is 16.3. The Morgan fingerprint density at radius 2 is 1.97 bits per heavy atom. The normalized spacial score (nSPS) is 25.1. The van der Waals surface area contributed by atoms with E-state index >= 15 is 0 Å². The first-order valence-electron chi connectivity index (χ1n) is 14.0. The largest absolute Gasteiger partial charge is 0.396 e. The molecule has 9 heteroatoms. The van der Waals surface area contributed by atoms with Crippen molar-refractivity contribution in [1.82, 2.24) is 20.3 Å². The van der Waals surface area contributed by atoms with Crippen LogP contribution in [0.15, 0.2) is 66.8 Å². The lowest BCUT2D eigenvalue weighted by Gasteiger charge is -2.47. The van der Waals surface area contributed by atoms with Gasteiger partial charge in [-0.3, -0.25) is 0 Å². The van der Waals surface area contributed by atoms with Gasteiger partial charge in [0.1, 0.15) is 17.8 Å². The number of benzene rings is 1. The van der Waals surface area contributed by atoms with Crippen molar-refractivity contribution in [2.45, 2.75) is 32.6 Å². The molecule has 0 saturated carbocycles. The minimum atomic E-state index is -0.235. The van der Waals surface area contributed by atoms with Gasteiger partial charge in [-0.15, -0.1) is 0 Å². The minimum absolute atomic E-state index is 0.144. The van der Waals surface area contributed by atoms with E-state index in [0.29, 0.717) is 6.42 Å². The zero-order valence-corrected chi connectivity index (χ0v) is 22.4. The summed E-state index contributed by atoms with van der Waals surface area (Å²) in [5.74, 6) is 1.27. The molecule has 0 spiro atoms. The van der Waals surface area contributed by atoms with Crippen molar-refractivity contribution in [3.05, 3.63) is 66.8 Å². The summed E-state index contributed by atoms with van der Waals surface area (Å²) in [5, 5.41) is 17.5. The second-order valence-electron chi connectivity index (χ2n) is 11.2. The predicted octanol–water partition coefficient (Wildman–Crippen LogP) is 4.66. The Bertz CT molecular complexity index is 1390. The van der Waals surface area contributed by atoms with Gasteiger partial charge in [0.15, 0.2) is 0 Å². The number of aliphatic hydroxyl groups excluding tert-OH is 1. The van der Waals surface area contributed by atoms with Gasteiger partial charge in [-0.1, -0.05) is 31.2 Å². The van der Waals surface area contributed by atoms with Crippen LogP contribution in [0.2, 0.25) is 0 Å². The number of fused-ring (bicyclic) bond motifs is 1. The third-order valence-electron chi connectivity index (χ3n) is 8.69. The molecule has 2 amide bonds. The lowest BCUT2D eigenvalue weighted by Crippen LogP contribution is -2.49. The summed E-state index contributed by atoms with van der Waals surface area (Å²) in [6.45, 7) is 6.02. The van der Waals surface area contributed by atoms with E-state index in [2.05, 4.69) is 54.5 Å². The number of hydrogen-bond donors (Lipinski definition) is 4. The molecule has 2 saturated heterocycles. The third kappa shape index (κ3) is 5.11. The minimum Gasteiger partial charge on any atom is -0.396 e. The summed E-state index contributed by atoms with van der Waals surface area (Å²) in [6.07, 6.45) is 13.7. The van der Waals surface area contributed by atoms with Crippen molar-refractivity contribution in [1.29, 1.82) is 0 Å². The molecule has 2 aliphatic heterocycles. The van der Waals surface area contributed by atoms with Crippen molar-refractivity contribution in [3.8, 4) is 0 Å². The van der Waals surface area contributed by atoms with Crippen LogP contribution in [0, 0.1) is 17.3 Å². The Balaban J connectivity index is 1.16. The Morgan fingerprint density at radius 3 is 2.82 bits per heavy atom. The number of aliphatic hydroxyl groups is 1. The Morgan fingerprint density at radius 1 is 1.13 bits per heavy atom. The van der Waals surface area contributed by atoms with Gasteiger partial charge < -0.3 is 30.5 Å². The predicted molar refractivity (Wildman–Crippen MR) is 155 cm³/mol. The Kier molecular flexibility index (Phi) is 6.99. The van der Waals surface area contributed by atoms with Gasteiger partial charge in [0.25, 0.3) is 0 Å². The van der Waals surface area contributed by atoms with Crippen LogP contribution in [0.25, 0.3) is 11.0 Å². The number of hydrogen-bond acceptors (Lipinski definition) is 6. The van der Waals surface area contributed by atoms with Gasteiger partial charge in [0.05, 0.1) is 16.8 Å². The van der Waals surface area contributed by atoms with E-state index in [9.17, 15) is 9.90 Å². The molecule has 39 heavy (non-hydrogen) atoms. The highest BCUT2D eigenvalue weighted by Gasteiger charge is 2.42. The van der Waals surface area contributed by atoms with Gasteiger partial charge in [-0.25, -0.2) is 14.8 Å². The maximum atomic E-state index is 13.1. The second-order valence-corrected chi connectivity index (χ2v) is 11.2. The summed E-state index contributed by atoms with van der Waals surface area (Å²) in [6, 6.07) is 9.80. The molecule has 9 nitrogen and oxygen atoms in total. The van der Waals surface area contributed by atoms with Gasteiger partial charge in [-0.05, 0) is 67.2 Å². The lowest BCUT2D eigenvalue weighted by atomic mass is 9.64. The van der Waals surface area contributed by atoms with Crippen molar-refractivity contribution in [2.24, 2.45) is 17.3 Å². The van der Waals surface area contributed by atoms with Crippen LogP contribution in [-0.2, 0) is 0 Å². The van der Waals surface area contributed by atoms with Crippen molar-refractivity contribution in [2.75, 3.05) is 47.9 Å². The van der Waals surface area contributed by atoms with Gasteiger partial charge in [0.2, 0.25) is 0 Å². The number of anilines is 3. The van der Waals surface area contributed by atoms with Gasteiger partial charge in [0, 0.05) is 44.7 Å². The molecule has 204 valence electrons. The van der Waals surface area contributed by atoms with Crippen molar-refractivity contribution >= 4 is 34.3 Å². The van der Waals surface area contributed by atoms with Crippen LogP contribution < -0.4 is 20.4 Å². The zero-order chi connectivity index (χ0) is 26.8. The van der Waals surface area contributed by atoms with E-state index in [-0.39, 0.29) is 29.9 Å². The number of rotatable bonds is 6. The Hall–Kier alpha value is -3.85. The molecule has 0 bridgehead atoms. The zero-order valence-electron chi connectivity index (χ0n) is 22.4. The highest BCUT2D eigenvalue weighted by molar-refractivity contribution is 5.94. The van der Waals surface area contributed by atoms with Gasteiger partial charge >= 0.3 is 6.03 Å². The number of para-hydroxylation sites is 2. The van der Waals surface area contributed by atoms with E-state index < -0.39 is 0 Å². The number of aromatic nitrogens is 3. The molecule has 3 aromatic rings. The number of nitrogens with one attached hydrogen (secondary N) is 3. The quantitative estimate of drug-likeness (QED) is 0.371. The molecule has 2 fully saturated rings. The average Bonchev–Trinajstić information content (AvgIpc) is 3.66. The number of urea groups is 1. The maximum Gasteiger partial charge on any atom is 0.323 e. The van der Waals surface area contributed by atoms with Crippen LogP contribution >= 0.6 is 0 Å². The van der Waals surface area contributed by atoms with E-state index in [1.165, 1.54) is 12.8 Å². The van der Waals surface area contributed by atoms with E-state index in [0.717, 1.165) is 66.5 Å². The molecule has 0 radical (unpaired) electrons. The molecular weight excluding hydrogens is 490 g/mol. The number of nitrogens with zero attached hydrogens (tertiary/aromatic N) is 4. The molecule has 1 unspecified atom stereocenters. The summed E-state index contributed by atoms with van der Waals surface area (Å²) >= 11 is 0. The molecular formula is C30H37N7O2. The monoisotopic (exact) mass is 527 g/mol.